The third-order valence-electron chi connectivity index (χ3n) is 3.49. The van der Waals surface area contributed by atoms with Crippen molar-refractivity contribution in [3.05, 3.63) is 29.6 Å². The van der Waals surface area contributed by atoms with Crippen molar-refractivity contribution < 1.29 is 9.13 Å². The molecule has 3 nitrogen and oxygen atoms in total. The summed E-state index contributed by atoms with van der Waals surface area (Å²) >= 11 is 0. The number of hydrogen-bond donors (Lipinski definition) is 1. The van der Waals surface area contributed by atoms with Crippen LogP contribution in [0.15, 0.2) is 18.2 Å². The second-order valence-corrected chi connectivity index (χ2v) is 4.94. The standard InChI is InChI=1S/C14H17FN2O/c1-18-5-4-14(2-3-14)10-17-13-7-11(9-16)6-12(15)8-13/h6-8,17H,2-5,10H2,1H3. The Morgan fingerprint density at radius 3 is 2.83 bits per heavy atom. The Morgan fingerprint density at radius 1 is 1.44 bits per heavy atom. The highest BCUT2D eigenvalue weighted by molar-refractivity contribution is 5.50. The summed E-state index contributed by atoms with van der Waals surface area (Å²) in [6.45, 7) is 1.57. The Balaban J connectivity index is 1.94. The highest BCUT2D eigenvalue weighted by atomic mass is 19.1. The third-order valence-corrected chi connectivity index (χ3v) is 3.49. The first-order valence-corrected chi connectivity index (χ1v) is 6.11. The van der Waals surface area contributed by atoms with Crippen LogP contribution in [0.25, 0.3) is 0 Å². The van der Waals surface area contributed by atoms with Crippen molar-refractivity contribution in [2.75, 3.05) is 25.6 Å². The van der Waals surface area contributed by atoms with Gasteiger partial charge in [0.05, 0.1) is 11.6 Å². The van der Waals surface area contributed by atoms with Gasteiger partial charge in [-0.25, -0.2) is 4.39 Å². The van der Waals surface area contributed by atoms with Crippen LogP contribution in [0.4, 0.5) is 10.1 Å². The first-order chi connectivity index (χ1) is 8.67. The maximum atomic E-state index is 13.2. The molecule has 0 atom stereocenters. The van der Waals surface area contributed by atoms with Gasteiger partial charge in [0.1, 0.15) is 5.82 Å². The van der Waals surface area contributed by atoms with E-state index >= 15 is 0 Å². The molecule has 0 amide bonds. The molecule has 1 N–H and O–H groups in total. The van der Waals surface area contributed by atoms with Crippen molar-refractivity contribution in [3.8, 4) is 6.07 Å². The fourth-order valence-electron chi connectivity index (χ4n) is 2.06. The maximum Gasteiger partial charge on any atom is 0.126 e. The van der Waals surface area contributed by atoms with Crippen molar-refractivity contribution in [2.45, 2.75) is 19.3 Å². The number of methoxy groups -OCH3 is 1. The Hall–Kier alpha value is -1.60. The van der Waals surface area contributed by atoms with Crippen LogP contribution in [0.5, 0.6) is 0 Å². The van der Waals surface area contributed by atoms with Crippen molar-refractivity contribution in [3.63, 3.8) is 0 Å². The lowest BCUT2D eigenvalue weighted by Gasteiger charge is -2.16. The summed E-state index contributed by atoms with van der Waals surface area (Å²) in [7, 11) is 1.70. The molecule has 1 fully saturated rings. The van der Waals surface area contributed by atoms with Crippen LogP contribution in [0.1, 0.15) is 24.8 Å². The van der Waals surface area contributed by atoms with Gasteiger partial charge in [0.25, 0.3) is 0 Å². The zero-order valence-electron chi connectivity index (χ0n) is 10.5. The number of ether oxygens (including phenoxy) is 1. The summed E-state index contributed by atoms with van der Waals surface area (Å²) in [5.41, 5.74) is 1.32. The summed E-state index contributed by atoms with van der Waals surface area (Å²) in [6, 6.07) is 6.29. The fraction of sp³-hybridized carbons (Fsp3) is 0.500. The van der Waals surface area contributed by atoms with Gasteiger partial charge >= 0.3 is 0 Å². The second-order valence-electron chi connectivity index (χ2n) is 4.94. The summed E-state index contributed by atoms with van der Waals surface area (Å²) < 4.78 is 18.3. The van der Waals surface area contributed by atoms with Crippen LogP contribution in [-0.4, -0.2) is 20.3 Å². The molecule has 1 aromatic carbocycles. The minimum atomic E-state index is -0.377. The van der Waals surface area contributed by atoms with Crippen molar-refractivity contribution in [1.29, 1.82) is 5.26 Å². The first kappa shape index (κ1) is 12.8. The molecule has 0 spiro atoms. The zero-order valence-corrected chi connectivity index (χ0v) is 10.5. The number of hydrogen-bond acceptors (Lipinski definition) is 3. The average Bonchev–Trinajstić information content (AvgIpc) is 3.14. The third kappa shape index (κ3) is 3.21. The van der Waals surface area contributed by atoms with E-state index in [1.54, 1.807) is 13.2 Å². The van der Waals surface area contributed by atoms with Gasteiger partial charge in [-0.1, -0.05) is 0 Å². The van der Waals surface area contributed by atoms with Crippen LogP contribution in [0.2, 0.25) is 0 Å². The molecule has 0 saturated heterocycles. The Bertz CT molecular complexity index is 463. The molecular formula is C14H17FN2O. The molecule has 4 heteroatoms. The molecule has 18 heavy (non-hydrogen) atoms. The Labute approximate surface area is 107 Å². The van der Waals surface area contributed by atoms with E-state index in [-0.39, 0.29) is 5.82 Å². The predicted molar refractivity (Wildman–Crippen MR) is 67.8 cm³/mol. The van der Waals surface area contributed by atoms with Gasteiger partial charge in [-0.3, -0.25) is 0 Å². The molecule has 1 aliphatic rings. The molecule has 2 rings (SSSR count). The second kappa shape index (κ2) is 5.36. The summed E-state index contributed by atoms with van der Waals surface area (Å²) in [6.07, 6.45) is 3.39. The van der Waals surface area contributed by atoms with Crippen LogP contribution < -0.4 is 5.32 Å². The van der Waals surface area contributed by atoms with Gasteiger partial charge in [0.2, 0.25) is 0 Å². The van der Waals surface area contributed by atoms with Crippen molar-refractivity contribution in [2.24, 2.45) is 5.41 Å². The minimum absolute atomic E-state index is 0.301. The molecule has 0 heterocycles. The fourth-order valence-corrected chi connectivity index (χ4v) is 2.06. The molecule has 1 saturated carbocycles. The molecule has 0 radical (unpaired) electrons. The number of rotatable bonds is 6. The quantitative estimate of drug-likeness (QED) is 0.841. The smallest absolute Gasteiger partial charge is 0.126 e. The van der Waals surface area contributed by atoms with E-state index in [1.165, 1.54) is 25.0 Å². The van der Waals surface area contributed by atoms with Crippen LogP contribution in [0, 0.1) is 22.6 Å². The zero-order chi connectivity index (χ0) is 13.0. The van der Waals surface area contributed by atoms with Gasteiger partial charge in [-0.2, -0.15) is 5.26 Å². The molecule has 0 aliphatic heterocycles. The first-order valence-electron chi connectivity index (χ1n) is 6.11. The molecule has 0 bridgehead atoms. The maximum absolute atomic E-state index is 13.2. The average molecular weight is 248 g/mol. The lowest BCUT2D eigenvalue weighted by atomic mass is 10.0. The van der Waals surface area contributed by atoms with E-state index in [4.69, 9.17) is 10.00 Å². The predicted octanol–water partition coefficient (Wildman–Crippen LogP) is 2.93. The SMILES string of the molecule is COCCC1(CNc2cc(F)cc(C#N)c2)CC1. The lowest BCUT2D eigenvalue weighted by Crippen LogP contribution is -2.17. The highest BCUT2D eigenvalue weighted by Crippen LogP contribution is 2.48. The van der Waals surface area contributed by atoms with E-state index in [1.807, 2.05) is 6.07 Å². The molecular weight excluding hydrogens is 231 g/mol. The number of nitrogens with one attached hydrogen (secondary N) is 1. The monoisotopic (exact) mass is 248 g/mol. The summed E-state index contributed by atoms with van der Waals surface area (Å²) in [4.78, 5) is 0. The van der Waals surface area contributed by atoms with E-state index in [2.05, 4.69) is 5.32 Å². The molecule has 1 aromatic rings. The van der Waals surface area contributed by atoms with Crippen molar-refractivity contribution in [1.82, 2.24) is 0 Å². The number of benzene rings is 1. The number of nitriles is 1. The molecule has 0 aromatic heterocycles. The Kier molecular flexibility index (Phi) is 3.83. The molecule has 96 valence electrons. The van der Waals surface area contributed by atoms with Crippen LogP contribution >= 0.6 is 0 Å². The summed E-state index contributed by atoms with van der Waals surface area (Å²) in [5.74, 6) is -0.377. The van der Waals surface area contributed by atoms with Crippen LogP contribution in [-0.2, 0) is 4.74 Å². The topological polar surface area (TPSA) is 45.0 Å². The van der Waals surface area contributed by atoms with E-state index < -0.39 is 0 Å². The van der Waals surface area contributed by atoms with Gasteiger partial charge < -0.3 is 10.1 Å². The van der Waals surface area contributed by atoms with Gasteiger partial charge in [0.15, 0.2) is 0 Å². The largest absolute Gasteiger partial charge is 0.385 e. The van der Waals surface area contributed by atoms with Crippen LogP contribution in [0.3, 0.4) is 0 Å². The van der Waals surface area contributed by atoms with E-state index in [0.29, 0.717) is 16.7 Å². The normalized spacial score (nSPS) is 16.1. The van der Waals surface area contributed by atoms with Gasteiger partial charge in [-0.15, -0.1) is 0 Å². The number of halogens is 1. The van der Waals surface area contributed by atoms with Crippen molar-refractivity contribution >= 4 is 5.69 Å². The molecule has 0 unspecified atom stereocenters. The van der Waals surface area contributed by atoms with E-state index in [0.717, 1.165) is 19.6 Å². The molecule has 1 aliphatic carbocycles. The van der Waals surface area contributed by atoms with Gasteiger partial charge in [-0.05, 0) is 42.9 Å². The summed E-state index contributed by atoms with van der Waals surface area (Å²) in [5, 5.41) is 12.0. The highest BCUT2D eigenvalue weighted by Gasteiger charge is 2.41. The van der Waals surface area contributed by atoms with E-state index in [9.17, 15) is 4.39 Å². The Morgan fingerprint density at radius 2 is 2.22 bits per heavy atom. The number of nitrogens with zero attached hydrogens (tertiary/aromatic N) is 1. The number of anilines is 1. The minimum Gasteiger partial charge on any atom is -0.385 e. The van der Waals surface area contributed by atoms with Gasteiger partial charge in [0, 0.05) is 25.9 Å². The lowest BCUT2D eigenvalue weighted by molar-refractivity contribution is 0.175.